The first-order chi connectivity index (χ1) is 16.0. The summed E-state index contributed by atoms with van der Waals surface area (Å²) in [5.74, 6) is 0.355. The van der Waals surface area contributed by atoms with Crippen LogP contribution in [-0.2, 0) is 11.4 Å². The third-order valence-corrected chi connectivity index (χ3v) is 4.80. The van der Waals surface area contributed by atoms with Crippen molar-refractivity contribution in [2.45, 2.75) is 26.5 Å². The molecule has 0 heterocycles. The lowest BCUT2D eigenvalue weighted by Gasteiger charge is -2.19. The van der Waals surface area contributed by atoms with Crippen LogP contribution in [0.2, 0.25) is 0 Å². The highest BCUT2D eigenvalue weighted by Crippen LogP contribution is 2.33. The number of carboxylic acids is 1. The Bertz CT molecular complexity index is 1130. The van der Waals surface area contributed by atoms with Crippen LogP contribution in [0.1, 0.15) is 36.6 Å². The molecule has 3 rings (SSSR count). The van der Waals surface area contributed by atoms with Crippen molar-refractivity contribution in [3.63, 3.8) is 0 Å². The minimum atomic E-state index is -1.06. The molecule has 2 N–H and O–H groups in total. The minimum Gasteiger partial charge on any atom is -0.490 e. The smallest absolute Gasteiger partial charge is 0.330 e. The first-order valence-electron chi connectivity index (χ1n) is 10.7. The highest BCUT2D eigenvalue weighted by atomic mass is 16.5. The van der Waals surface area contributed by atoms with Gasteiger partial charge in [-0.3, -0.25) is 0 Å². The average Bonchev–Trinajstić information content (AvgIpc) is 2.83. The molecule has 0 saturated heterocycles. The summed E-state index contributed by atoms with van der Waals surface area (Å²) in [4.78, 5) is 12.1. The van der Waals surface area contributed by atoms with E-state index in [-0.39, 0.29) is 6.61 Å². The van der Waals surface area contributed by atoms with Crippen LogP contribution in [0.25, 0.3) is 0 Å². The second-order valence-electron chi connectivity index (χ2n) is 7.08. The number of carbonyl (C=O) groups is 1. The van der Waals surface area contributed by atoms with Crippen LogP contribution in [0.4, 0.5) is 5.69 Å². The van der Waals surface area contributed by atoms with Crippen molar-refractivity contribution in [2.24, 2.45) is 0 Å². The molecule has 170 valence electrons. The van der Waals surface area contributed by atoms with Gasteiger partial charge in [-0.25, -0.2) is 4.79 Å². The van der Waals surface area contributed by atoms with Gasteiger partial charge in [-0.2, -0.15) is 5.26 Å². The van der Waals surface area contributed by atoms with E-state index < -0.39 is 12.0 Å². The Hall–Kier alpha value is -4.18. The SMILES string of the molecule is CCOc1ccc(C(Nc2ccc(C#N)c(OCc3ccccc3)c2)C(=O)O)cc1OCC. The Morgan fingerprint density at radius 3 is 2.33 bits per heavy atom. The lowest BCUT2D eigenvalue weighted by atomic mass is 10.1. The fourth-order valence-electron chi connectivity index (χ4n) is 3.26. The average molecular weight is 447 g/mol. The monoisotopic (exact) mass is 446 g/mol. The van der Waals surface area contributed by atoms with E-state index >= 15 is 0 Å². The fraction of sp³-hybridized carbons (Fsp3) is 0.231. The van der Waals surface area contributed by atoms with Gasteiger partial charge in [-0.05, 0) is 49.2 Å². The van der Waals surface area contributed by atoms with Gasteiger partial charge < -0.3 is 24.6 Å². The highest BCUT2D eigenvalue weighted by molar-refractivity contribution is 5.80. The standard InChI is InChI=1S/C26H26N2O5/c1-3-31-22-13-11-19(14-24(22)32-4-2)25(26(29)30)28-21-12-10-20(16-27)23(15-21)33-17-18-8-6-5-7-9-18/h5-15,25,28H,3-4,17H2,1-2H3,(H,29,30). The van der Waals surface area contributed by atoms with Crippen molar-refractivity contribution in [2.75, 3.05) is 18.5 Å². The van der Waals surface area contributed by atoms with Gasteiger partial charge in [0.1, 0.15) is 18.4 Å². The summed E-state index contributed by atoms with van der Waals surface area (Å²) in [6.45, 7) is 4.90. The molecule has 7 heteroatoms. The highest BCUT2D eigenvalue weighted by Gasteiger charge is 2.22. The maximum atomic E-state index is 12.1. The largest absolute Gasteiger partial charge is 0.490 e. The summed E-state index contributed by atoms with van der Waals surface area (Å²) in [5.41, 5.74) is 2.34. The van der Waals surface area contributed by atoms with Gasteiger partial charge in [0.2, 0.25) is 0 Å². The number of rotatable bonds is 11. The quantitative estimate of drug-likeness (QED) is 0.419. The van der Waals surface area contributed by atoms with E-state index in [0.29, 0.717) is 47.3 Å². The molecule has 0 bridgehead atoms. The van der Waals surface area contributed by atoms with Crippen molar-refractivity contribution in [3.8, 4) is 23.3 Å². The zero-order valence-electron chi connectivity index (χ0n) is 18.6. The second-order valence-corrected chi connectivity index (χ2v) is 7.08. The Kier molecular flexibility index (Phi) is 8.14. The first kappa shape index (κ1) is 23.5. The number of nitrogens with zero attached hydrogens (tertiary/aromatic N) is 1. The molecule has 0 aromatic heterocycles. The van der Waals surface area contributed by atoms with Crippen LogP contribution in [0.3, 0.4) is 0 Å². The van der Waals surface area contributed by atoms with Gasteiger partial charge in [0.25, 0.3) is 0 Å². The Morgan fingerprint density at radius 1 is 0.939 bits per heavy atom. The van der Waals surface area contributed by atoms with Crippen LogP contribution in [0.5, 0.6) is 17.2 Å². The molecule has 3 aromatic rings. The van der Waals surface area contributed by atoms with Crippen LogP contribution >= 0.6 is 0 Å². The second kappa shape index (κ2) is 11.4. The lowest BCUT2D eigenvalue weighted by Crippen LogP contribution is -2.20. The van der Waals surface area contributed by atoms with Crippen LogP contribution < -0.4 is 19.5 Å². The summed E-state index contributed by atoms with van der Waals surface area (Å²) in [6.07, 6.45) is 0. The van der Waals surface area contributed by atoms with Crippen molar-refractivity contribution in [3.05, 3.63) is 83.4 Å². The molecule has 0 aliphatic carbocycles. The van der Waals surface area contributed by atoms with E-state index in [4.69, 9.17) is 14.2 Å². The van der Waals surface area contributed by atoms with Gasteiger partial charge in [-0.1, -0.05) is 36.4 Å². The third-order valence-electron chi connectivity index (χ3n) is 4.80. The number of nitriles is 1. The van der Waals surface area contributed by atoms with Crippen molar-refractivity contribution < 1.29 is 24.1 Å². The molecular weight excluding hydrogens is 420 g/mol. The molecule has 0 saturated carbocycles. The van der Waals surface area contributed by atoms with E-state index in [1.807, 2.05) is 44.2 Å². The molecule has 3 aromatic carbocycles. The number of carboxylic acid groups (broad SMARTS) is 1. The molecule has 33 heavy (non-hydrogen) atoms. The molecule has 1 unspecified atom stereocenters. The summed E-state index contributed by atoms with van der Waals surface area (Å²) >= 11 is 0. The summed E-state index contributed by atoms with van der Waals surface area (Å²) in [7, 11) is 0. The summed E-state index contributed by atoms with van der Waals surface area (Å²) < 4.78 is 17.0. The Labute approximate surface area is 193 Å². The van der Waals surface area contributed by atoms with E-state index in [1.54, 1.807) is 36.4 Å². The van der Waals surface area contributed by atoms with E-state index in [1.165, 1.54) is 0 Å². The Morgan fingerprint density at radius 2 is 1.67 bits per heavy atom. The molecule has 0 amide bonds. The topological polar surface area (TPSA) is 101 Å². The zero-order chi connectivity index (χ0) is 23.6. The maximum absolute atomic E-state index is 12.1. The minimum absolute atomic E-state index is 0.290. The number of aliphatic carboxylic acids is 1. The number of anilines is 1. The van der Waals surface area contributed by atoms with Gasteiger partial charge in [0.05, 0.1) is 18.8 Å². The zero-order valence-corrected chi connectivity index (χ0v) is 18.6. The van der Waals surface area contributed by atoms with E-state index in [2.05, 4.69) is 11.4 Å². The summed E-state index contributed by atoms with van der Waals surface area (Å²) in [6, 6.07) is 20.6. The number of hydrogen-bond acceptors (Lipinski definition) is 6. The van der Waals surface area contributed by atoms with Crippen molar-refractivity contribution >= 4 is 11.7 Å². The van der Waals surface area contributed by atoms with E-state index in [9.17, 15) is 15.2 Å². The Balaban J connectivity index is 1.85. The third kappa shape index (κ3) is 6.17. The van der Waals surface area contributed by atoms with Crippen molar-refractivity contribution in [1.82, 2.24) is 0 Å². The molecule has 0 aliphatic rings. The molecule has 1 atom stereocenters. The predicted octanol–water partition coefficient (Wildman–Crippen LogP) is 5.17. The van der Waals surface area contributed by atoms with Gasteiger partial charge in [0, 0.05) is 11.8 Å². The molecule has 0 fully saturated rings. The van der Waals surface area contributed by atoms with Crippen LogP contribution in [-0.4, -0.2) is 24.3 Å². The van der Waals surface area contributed by atoms with Gasteiger partial charge in [0.15, 0.2) is 17.5 Å². The summed E-state index contributed by atoms with van der Waals surface area (Å²) in [5, 5.41) is 22.3. The number of benzene rings is 3. The fourth-order valence-corrected chi connectivity index (χ4v) is 3.26. The van der Waals surface area contributed by atoms with Crippen molar-refractivity contribution in [1.29, 1.82) is 5.26 Å². The molecule has 7 nitrogen and oxygen atoms in total. The maximum Gasteiger partial charge on any atom is 0.330 e. The van der Waals surface area contributed by atoms with Gasteiger partial charge in [-0.15, -0.1) is 0 Å². The predicted molar refractivity (Wildman–Crippen MR) is 125 cm³/mol. The normalized spacial score (nSPS) is 11.2. The van der Waals surface area contributed by atoms with Crippen LogP contribution in [0, 0.1) is 11.3 Å². The lowest BCUT2D eigenvalue weighted by molar-refractivity contribution is -0.138. The van der Waals surface area contributed by atoms with Crippen LogP contribution in [0.15, 0.2) is 66.7 Å². The molecule has 0 radical (unpaired) electrons. The number of nitrogens with one attached hydrogen (secondary N) is 1. The van der Waals surface area contributed by atoms with E-state index in [0.717, 1.165) is 5.56 Å². The molecular formula is C26H26N2O5. The van der Waals surface area contributed by atoms with Gasteiger partial charge >= 0.3 is 5.97 Å². The molecule has 0 spiro atoms. The first-order valence-corrected chi connectivity index (χ1v) is 10.7. The molecule has 0 aliphatic heterocycles. The number of ether oxygens (including phenoxy) is 3. The number of hydrogen-bond donors (Lipinski definition) is 2.